The van der Waals surface area contributed by atoms with Crippen molar-refractivity contribution in [1.29, 1.82) is 0 Å². The predicted octanol–water partition coefficient (Wildman–Crippen LogP) is 5.27. The lowest BCUT2D eigenvalue weighted by atomic mass is 9.84. The van der Waals surface area contributed by atoms with Crippen LogP contribution in [0.3, 0.4) is 0 Å². The van der Waals surface area contributed by atoms with E-state index in [-0.39, 0.29) is 22.6 Å². The smallest absolute Gasteiger partial charge is 0.339 e. The molecule has 0 aliphatic rings. The van der Waals surface area contributed by atoms with Crippen LogP contribution in [0.5, 0.6) is 5.75 Å². The number of aromatic hydroxyl groups is 1. The first-order valence-corrected chi connectivity index (χ1v) is 8.68. The maximum atomic E-state index is 13.8. The molecule has 0 radical (unpaired) electrons. The van der Waals surface area contributed by atoms with E-state index in [1.165, 1.54) is 23.9 Å². The molecule has 2 aromatic carbocycles. The van der Waals surface area contributed by atoms with E-state index in [1.54, 1.807) is 13.0 Å². The Kier molecular flexibility index (Phi) is 5.42. The number of carbonyl (C=O) groups is 1. The van der Waals surface area contributed by atoms with Crippen LogP contribution >= 0.6 is 11.8 Å². The van der Waals surface area contributed by atoms with Crippen molar-refractivity contribution >= 4 is 17.7 Å². The van der Waals surface area contributed by atoms with Gasteiger partial charge in [0.1, 0.15) is 11.3 Å². The standard InChI is InChI=1S/C19H20F2O3S/c1-10-14(25-9-11-6-5-7-13(20)16(11)21)8-12(19(2,3)4)17(22)15(10)18(23)24/h5-8,22H,9H2,1-4H3,(H,23,24). The van der Waals surface area contributed by atoms with Crippen LogP contribution in [0.1, 0.15) is 47.8 Å². The van der Waals surface area contributed by atoms with Crippen molar-refractivity contribution in [3.63, 3.8) is 0 Å². The zero-order valence-corrected chi connectivity index (χ0v) is 15.3. The molecule has 0 aromatic heterocycles. The van der Waals surface area contributed by atoms with Crippen LogP contribution < -0.4 is 0 Å². The fourth-order valence-corrected chi connectivity index (χ4v) is 3.60. The first kappa shape index (κ1) is 19.2. The molecule has 2 rings (SSSR count). The maximum absolute atomic E-state index is 13.8. The lowest BCUT2D eigenvalue weighted by Gasteiger charge is -2.24. The summed E-state index contributed by atoms with van der Waals surface area (Å²) in [5.41, 5.74) is 0.473. The van der Waals surface area contributed by atoms with E-state index in [4.69, 9.17) is 0 Å². The van der Waals surface area contributed by atoms with Gasteiger partial charge in [0.2, 0.25) is 0 Å². The highest BCUT2D eigenvalue weighted by atomic mass is 32.2. The zero-order chi connectivity index (χ0) is 18.9. The summed E-state index contributed by atoms with van der Waals surface area (Å²) in [6.07, 6.45) is 0. The topological polar surface area (TPSA) is 57.5 Å². The zero-order valence-electron chi connectivity index (χ0n) is 14.5. The quantitative estimate of drug-likeness (QED) is 0.724. The van der Waals surface area contributed by atoms with Gasteiger partial charge in [-0.2, -0.15) is 0 Å². The molecule has 0 spiro atoms. The van der Waals surface area contributed by atoms with Gasteiger partial charge in [-0.15, -0.1) is 11.8 Å². The highest BCUT2D eigenvalue weighted by molar-refractivity contribution is 7.98. The number of halogens is 2. The number of thioether (sulfide) groups is 1. The Morgan fingerprint density at radius 1 is 1.24 bits per heavy atom. The summed E-state index contributed by atoms with van der Waals surface area (Å²) in [6.45, 7) is 7.19. The monoisotopic (exact) mass is 366 g/mol. The van der Waals surface area contributed by atoms with Crippen molar-refractivity contribution in [2.24, 2.45) is 0 Å². The molecule has 0 unspecified atom stereocenters. The molecule has 0 amide bonds. The first-order valence-electron chi connectivity index (χ1n) is 7.70. The van der Waals surface area contributed by atoms with Crippen molar-refractivity contribution in [2.75, 3.05) is 0 Å². The predicted molar refractivity (Wildman–Crippen MR) is 94.4 cm³/mol. The van der Waals surface area contributed by atoms with Gasteiger partial charge in [-0.1, -0.05) is 32.9 Å². The number of hydrogen-bond donors (Lipinski definition) is 2. The van der Waals surface area contributed by atoms with Crippen LogP contribution in [0.15, 0.2) is 29.2 Å². The van der Waals surface area contributed by atoms with Crippen molar-refractivity contribution < 1.29 is 23.8 Å². The molecule has 0 atom stereocenters. The summed E-state index contributed by atoms with van der Waals surface area (Å²) in [5, 5.41) is 19.8. The van der Waals surface area contributed by atoms with Gasteiger partial charge in [0.05, 0.1) is 0 Å². The van der Waals surface area contributed by atoms with Gasteiger partial charge < -0.3 is 10.2 Å². The minimum absolute atomic E-state index is 0.151. The fourth-order valence-electron chi connectivity index (χ4n) is 2.54. The first-order chi connectivity index (χ1) is 11.5. The average Bonchev–Trinajstić information content (AvgIpc) is 2.48. The average molecular weight is 366 g/mol. The summed E-state index contributed by atoms with van der Waals surface area (Å²) >= 11 is 1.21. The molecule has 0 fully saturated rings. The highest BCUT2D eigenvalue weighted by Gasteiger charge is 2.26. The number of hydrogen-bond acceptors (Lipinski definition) is 3. The molecule has 0 aliphatic carbocycles. The molecule has 0 bridgehead atoms. The molecule has 2 N–H and O–H groups in total. The third kappa shape index (κ3) is 3.95. The molecule has 25 heavy (non-hydrogen) atoms. The van der Waals surface area contributed by atoms with Crippen LogP contribution in [0.4, 0.5) is 8.78 Å². The van der Waals surface area contributed by atoms with E-state index >= 15 is 0 Å². The Morgan fingerprint density at radius 2 is 1.88 bits per heavy atom. The number of carboxylic acids is 1. The van der Waals surface area contributed by atoms with Crippen molar-refractivity contribution in [2.45, 2.75) is 43.8 Å². The van der Waals surface area contributed by atoms with Gasteiger partial charge >= 0.3 is 5.97 Å². The summed E-state index contributed by atoms with van der Waals surface area (Å²) in [6, 6.07) is 5.69. The number of carboxylic acid groups (broad SMARTS) is 1. The molecule has 6 heteroatoms. The highest BCUT2D eigenvalue weighted by Crippen LogP contribution is 2.40. The van der Waals surface area contributed by atoms with Crippen LogP contribution in [0, 0.1) is 18.6 Å². The van der Waals surface area contributed by atoms with Gasteiger partial charge in [-0.3, -0.25) is 0 Å². The van der Waals surface area contributed by atoms with Gasteiger partial charge in [-0.05, 0) is 30.0 Å². The normalized spacial score (nSPS) is 11.6. The SMILES string of the molecule is Cc1c(SCc2cccc(F)c2F)cc(C(C)(C)C)c(O)c1C(=O)O. The van der Waals surface area contributed by atoms with E-state index in [0.29, 0.717) is 16.0 Å². The minimum atomic E-state index is -1.22. The molecule has 0 aliphatic heterocycles. The Bertz CT molecular complexity index is 826. The van der Waals surface area contributed by atoms with Crippen molar-refractivity contribution in [1.82, 2.24) is 0 Å². The Hall–Kier alpha value is -2.08. The number of benzene rings is 2. The van der Waals surface area contributed by atoms with E-state index in [9.17, 15) is 23.8 Å². The Labute approximate surface area is 149 Å². The Balaban J connectivity index is 2.48. The Morgan fingerprint density at radius 3 is 2.44 bits per heavy atom. The summed E-state index contributed by atoms with van der Waals surface area (Å²) in [5.74, 6) is -3.14. The van der Waals surface area contributed by atoms with Gasteiger partial charge in [0.25, 0.3) is 0 Å². The van der Waals surface area contributed by atoms with Crippen molar-refractivity contribution in [3.05, 3.63) is 58.2 Å². The minimum Gasteiger partial charge on any atom is -0.507 e. The van der Waals surface area contributed by atoms with Crippen LogP contribution in [-0.4, -0.2) is 16.2 Å². The van der Waals surface area contributed by atoms with Crippen molar-refractivity contribution in [3.8, 4) is 5.75 Å². The molecular formula is C19H20F2O3S. The number of aromatic carboxylic acids is 1. The number of rotatable bonds is 4. The lowest BCUT2D eigenvalue weighted by molar-refractivity contribution is 0.0692. The second-order valence-electron chi connectivity index (χ2n) is 6.83. The molecule has 2 aromatic rings. The maximum Gasteiger partial charge on any atom is 0.339 e. The van der Waals surface area contributed by atoms with E-state index in [2.05, 4.69) is 0 Å². The largest absolute Gasteiger partial charge is 0.507 e. The summed E-state index contributed by atoms with van der Waals surface area (Å²) in [7, 11) is 0. The van der Waals surface area contributed by atoms with E-state index in [0.717, 1.165) is 6.07 Å². The third-order valence-electron chi connectivity index (χ3n) is 3.95. The summed E-state index contributed by atoms with van der Waals surface area (Å²) in [4.78, 5) is 12.2. The van der Waals surface area contributed by atoms with E-state index in [1.807, 2.05) is 20.8 Å². The molecule has 0 saturated carbocycles. The molecule has 3 nitrogen and oxygen atoms in total. The van der Waals surface area contributed by atoms with Crippen LogP contribution in [-0.2, 0) is 11.2 Å². The molecule has 0 saturated heterocycles. The summed E-state index contributed by atoms with van der Waals surface area (Å²) < 4.78 is 27.2. The second kappa shape index (κ2) is 7.04. The van der Waals surface area contributed by atoms with Crippen LogP contribution in [0.2, 0.25) is 0 Å². The number of phenols is 1. The molecule has 0 heterocycles. The molecule has 134 valence electrons. The van der Waals surface area contributed by atoms with Gasteiger partial charge in [0, 0.05) is 21.8 Å². The van der Waals surface area contributed by atoms with Crippen LogP contribution in [0.25, 0.3) is 0 Å². The second-order valence-corrected chi connectivity index (χ2v) is 7.84. The molecular weight excluding hydrogens is 346 g/mol. The van der Waals surface area contributed by atoms with Gasteiger partial charge in [0.15, 0.2) is 11.6 Å². The van der Waals surface area contributed by atoms with E-state index < -0.39 is 23.0 Å². The third-order valence-corrected chi connectivity index (χ3v) is 5.14. The lowest BCUT2D eigenvalue weighted by Crippen LogP contribution is -2.15. The van der Waals surface area contributed by atoms with Gasteiger partial charge in [-0.25, -0.2) is 13.6 Å². The fraction of sp³-hybridized carbons (Fsp3) is 0.316.